The van der Waals surface area contributed by atoms with E-state index in [0.717, 1.165) is 31.1 Å². The SMILES string of the molecule is S=c1sc(SCc2ccn(-c3ccccc3)n2)nn1-c1ccccc1. The molecule has 4 rings (SSSR count). The monoisotopic (exact) mass is 382 g/mol. The van der Waals surface area contributed by atoms with Crippen molar-refractivity contribution in [3.8, 4) is 11.4 Å². The first-order chi connectivity index (χ1) is 12.3. The number of hydrogen-bond acceptors (Lipinski definition) is 5. The second kappa shape index (κ2) is 7.35. The van der Waals surface area contributed by atoms with Crippen LogP contribution >= 0.6 is 35.3 Å². The second-order valence-corrected chi connectivity index (χ2v) is 8.10. The first kappa shape index (κ1) is 16.3. The van der Waals surface area contributed by atoms with Crippen LogP contribution in [-0.2, 0) is 5.75 Å². The molecule has 0 saturated carbocycles. The summed E-state index contributed by atoms with van der Waals surface area (Å²) in [5.41, 5.74) is 3.06. The van der Waals surface area contributed by atoms with Crippen molar-refractivity contribution in [2.45, 2.75) is 10.1 Å². The number of aromatic nitrogens is 4. The number of rotatable bonds is 5. The molecule has 124 valence electrons. The van der Waals surface area contributed by atoms with E-state index in [4.69, 9.17) is 12.2 Å². The smallest absolute Gasteiger partial charge is 0.184 e. The van der Waals surface area contributed by atoms with Gasteiger partial charge in [-0.1, -0.05) is 59.5 Å². The average molecular weight is 383 g/mol. The van der Waals surface area contributed by atoms with Crippen molar-refractivity contribution in [1.29, 1.82) is 0 Å². The highest BCUT2D eigenvalue weighted by atomic mass is 32.2. The Labute approximate surface area is 158 Å². The van der Waals surface area contributed by atoms with Gasteiger partial charge in [0, 0.05) is 11.9 Å². The highest BCUT2D eigenvalue weighted by Gasteiger charge is 2.08. The first-order valence-electron chi connectivity index (χ1n) is 7.68. The third-order valence-electron chi connectivity index (χ3n) is 3.54. The number of thioether (sulfide) groups is 1. The highest BCUT2D eigenvalue weighted by molar-refractivity contribution is 8.00. The summed E-state index contributed by atoms with van der Waals surface area (Å²) in [5.74, 6) is 0.761. The van der Waals surface area contributed by atoms with Gasteiger partial charge < -0.3 is 0 Å². The molecule has 0 radical (unpaired) electrons. The molecule has 0 bridgehead atoms. The van der Waals surface area contributed by atoms with Gasteiger partial charge in [-0.15, -0.1) is 5.10 Å². The average Bonchev–Trinajstić information content (AvgIpc) is 3.28. The maximum absolute atomic E-state index is 5.44. The zero-order valence-electron chi connectivity index (χ0n) is 13.1. The minimum Gasteiger partial charge on any atom is -0.241 e. The molecule has 2 heterocycles. The lowest BCUT2D eigenvalue weighted by molar-refractivity contribution is 0.828. The lowest BCUT2D eigenvalue weighted by Crippen LogP contribution is -1.96. The predicted molar refractivity (Wildman–Crippen MR) is 105 cm³/mol. The van der Waals surface area contributed by atoms with E-state index < -0.39 is 0 Å². The summed E-state index contributed by atoms with van der Waals surface area (Å²) in [4.78, 5) is 0. The Bertz CT molecular complexity index is 1020. The van der Waals surface area contributed by atoms with E-state index in [1.54, 1.807) is 11.8 Å². The van der Waals surface area contributed by atoms with E-state index in [1.165, 1.54) is 11.3 Å². The first-order valence-corrected chi connectivity index (χ1v) is 9.89. The summed E-state index contributed by atoms with van der Waals surface area (Å²) in [7, 11) is 0. The van der Waals surface area contributed by atoms with Crippen LogP contribution in [0.25, 0.3) is 11.4 Å². The molecule has 0 unspecified atom stereocenters. The van der Waals surface area contributed by atoms with Gasteiger partial charge in [0.1, 0.15) is 0 Å². The van der Waals surface area contributed by atoms with Gasteiger partial charge in [-0.25, -0.2) is 9.36 Å². The Hall–Kier alpha value is -2.22. The minimum atomic E-state index is 0.753. The van der Waals surface area contributed by atoms with Gasteiger partial charge in [0.2, 0.25) is 0 Å². The third kappa shape index (κ3) is 3.73. The van der Waals surface area contributed by atoms with Crippen molar-refractivity contribution in [2.24, 2.45) is 0 Å². The summed E-state index contributed by atoms with van der Waals surface area (Å²) in [6, 6.07) is 22.1. The van der Waals surface area contributed by atoms with Crippen LogP contribution in [0.3, 0.4) is 0 Å². The van der Waals surface area contributed by atoms with Crippen LogP contribution in [0.4, 0.5) is 0 Å². The highest BCUT2D eigenvalue weighted by Crippen LogP contribution is 2.26. The van der Waals surface area contributed by atoms with Gasteiger partial charge in [0.25, 0.3) is 0 Å². The van der Waals surface area contributed by atoms with Crippen LogP contribution in [0.1, 0.15) is 5.69 Å². The van der Waals surface area contributed by atoms with Crippen LogP contribution < -0.4 is 0 Å². The van der Waals surface area contributed by atoms with Crippen molar-refractivity contribution in [3.63, 3.8) is 0 Å². The molecule has 25 heavy (non-hydrogen) atoms. The fourth-order valence-corrected chi connectivity index (χ4v) is 4.61. The number of benzene rings is 2. The van der Waals surface area contributed by atoms with E-state index in [9.17, 15) is 0 Å². The molecule has 0 saturated heterocycles. The molecule has 0 amide bonds. The van der Waals surface area contributed by atoms with E-state index >= 15 is 0 Å². The van der Waals surface area contributed by atoms with Gasteiger partial charge in [-0.2, -0.15) is 5.10 Å². The molecule has 2 aromatic carbocycles. The minimum absolute atomic E-state index is 0.753. The van der Waals surface area contributed by atoms with Crippen molar-refractivity contribution >= 4 is 35.3 Å². The quantitative estimate of drug-likeness (QED) is 0.354. The normalized spacial score (nSPS) is 10.9. The van der Waals surface area contributed by atoms with Gasteiger partial charge in [-0.3, -0.25) is 0 Å². The Kier molecular flexibility index (Phi) is 4.78. The lowest BCUT2D eigenvalue weighted by atomic mass is 10.3. The van der Waals surface area contributed by atoms with Crippen LogP contribution in [0.15, 0.2) is 77.3 Å². The molecule has 0 aliphatic heterocycles. The van der Waals surface area contributed by atoms with Crippen molar-refractivity contribution in [2.75, 3.05) is 0 Å². The van der Waals surface area contributed by atoms with Crippen molar-refractivity contribution in [1.82, 2.24) is 19.6 Å². The summed E-state index contributed by atoms with van der Waals surface area (Å²) in [6.07, 6.45) is 1.98. The van der Waals surface area contributed by atoms with E-state index in [-0.39, 0.29) is 0 Å². The molecule has 0 atom stereocenters. The molecule has 4 nitrogen and oxygen atoms in total. The Morgan fingerprint density at radius 2 is 1.56 bits per heavy atom. The molecule has 0 aliphatic rings. The van der Waals surface area contributed by atoms with E-state index in [0.29, 0.717) is 0 Å². The van der Waals surface area contributed by atoms with Crippen LogP contribution in [0.5, 0.6) is 0 Å². The summed E-state index contributed by atoms with van der Waals surface area (Å²) >= 11 is 8.62. The molecule has 0 fully saturated rings. The van der Waals surface area contributed by atoms with Gasteiger partial charge >= 0.3 is 0 Å². The number of para-hydroxylation sites is 2. The van der Waals surface area contributed by atoms with Crippen molar-refractivity contribution in [3.05, 3.63) is 82.6 Å². The fourth-order valence-electron chi connectivity index (χ4n) is 2.35. The molecule has 2 aromatic heterocycles. The maximum Gasteiger partial charge on any atom is 0.184 e. The molecule has 0 spiro atoms. The standard InChI is InChI=1S/C18H14N4S3/c23-18-22(16-9-5-2-6-10-16)20-17(25-18)24-13-14-11-12-21(19-14)15-7-3-1-4-8-15/h1-12H,13H2. The van der Waals surface area contributed by atoms with Gasteiger partial charge in [0.15, 0.2) is 8.29 Å². The molecule has 0 N–H and O–H groups in total. The molecule has 0 aliphatic carbocycles. The Morgan fingerprint density at radius 3 is 2.28 bits per heavy atom. The maximum atomic E-state index is 5.44. The summed E-state index contributed by atoms with van der Waals surface area (Å²) in [6.45, 7) is 0. The third-order valence-corrected chi connectivity index (χ3v) is 5.94. The van der Waals surface area contributed by atoms with Gasteiger partial charge in [-0.05, 0) is 42.5 Å². The number of nitrogens with zero attached hydrogens (tertiary/aromatic N) is 4. The van der Waals surface area contributed by atoms with Crippen LogP contribution in [0, 0.1) is 3.95 Å². The van der Waals surface area contributed by atoms with Crippen LogP contribution in [-0.4, -0.2) is 19.6 Å². The largest absolute Gasteiger partial charge is 0.241 e. The Morgan fingerprint density at radius 1 is 0.880 bits per heavy atom. The zero-order chi connectivity index (χ0) is 17.1. The zero-order valence-corrected chi connectivity index (χ0v) is 15.6. The van der Waals surface area contributed by atoms with Gasteiger partial charge in [0.05, 0.1) is 17.1 Å². The summed E-state index contributed by atoms with van der Waals surface area (Å²) in [5, 5.41) is 9.24. The van der Waals surface area contributed by atoms with Crippen molar-refractivity contribution < 1.29 is 0 Å². The van der Waals surface area contributed by atoms with E-state index in [2.05, 4.69) is 10.2 Å². The molecular weight excluding hydrogens is 368 g/mol. The van der Waals surface area contributed by atoms with Crippen LogP contribution in [0.2, 0.25) is 0 Å². The number of hydrogen-bond donors (Lipinski definition) is 0. The summed E-state index contributed by atoms with van der Waals surface area (Å²) < 4.78 is 5.40. The fraction of sp³-hybridized carbons (Fsp3) is 0.0556. The topological polar surface area (TPSA) is 35.6 Å². The van der Waals surface area contributed by atoms with E-state index in [1.807, 2.05) is 82.3 Å². The molecular formula is C18H14N4S3. The lowest BCUT2D eigenvalue weighted by Gasteiger charge is -2.00. The molecule has 4 aromatic rings. The predicted octanol–water partition coefficient (Wildman–Crippen LogP) is 5.14. The Balaban J connectivity index is 1.48. The second-order valence-electron chi connectivity index (χ2n) is 5.26. The molecule has 7 heteroatoms.